The average Bonchev–Trinajstić information content (AvgIpc) is 2.39. The number of primary amides is 1. The molecule has 0 spiro atoms. The Morgan fingerprint density at radius 3 is 2.60 bits per heavy atom. The number of benzene rings is 1. The molecule has 1 fully saturated rings. The van der Waals surface area contributed by atoms with Crippen LogP contribution in [0, 0.1) is 5.92 Å². The molecule has 1 aliphatic heterocycles. The first-order chi connectivity index (χ1) is 9.06. The van der Waals surface area contributed by atoms with E-state index in [4.69, 9.17) is 11.5 Å². The van der Waals surface area contributed by atoms with Crippen LogP contribution in [-0.4, -0.2) is 29.9 Å². The highest BCUT2D eigenvalue weighted by atomic mass is 35.5. The summed E-state index contributed by atoms with van der Waals surface area (Å²) < 4.78 is 0. The summed E-state index contributed by atoms with van der Waals surface area (Å²) in [5.74, 6) is 0.283. The molecule has 0 aliphatic carbocycles. The molecule has 1 heterocycles. The molecule has 4 N–H and O–H groups in total. The SMILES string of the molecule is CC(N)C1CCN(Cc2cccc(C(N)=O)c2)CC1.Cl. The first kappa shape index (κ1) is 17.0. The third-order valence-corrected chi connectivity index (χ3v) is 3.99. The van der Waals surface area contributed by atoms with Crippen molar-refractivity contribution < 1.29 is 4.79 Å². The van der Waals surface area contributed by atoms with E-state index in [9.17, 15) is 4.79 Å². The standard InChI is InChI=1S/C15H23N3O.ClH/c1-11(16)13-5-7-18(8-6-13)10-12-3-2-4-14(9-12)15(17)19;/h2-4,9,11,13H,5-8,10,16H2,1H3,(H2,17,19);1H. The normalized spacial score (nSPS) is 18.3. The molecule has 4 nitrogen and oxygen atoms in total. The van der Waals surface area contributed by atoms with E-state index < -0.39 is 0 Å². The Kier molecular flexibility index (Phi) is 6.46. The van der Waals surface area contributed by atoms with Gasteiger partial charge in [-0.25, -0.2) is 0 Å². The lowest BCUT2D eigenvalue weighted by molar-refractivity contribution is 0.1000. The van der Waals surface area contributed by atoms with Crippen LogP contribution >= 0.6 is 12.4 Å². The summed E-state index contributed by atoms with van der Waals surface area (Å²) >= 11 is 0. The molecule has 1 atom stereocenters. The van der Waals surface area contributed by atoms with Gasteiger partial charge in [0.25, 0.3) is 0 Å². The van der Waals surface area contributed by atoms with Crippen LogP contribution in [0.4, 0.5) is 0 Å². The summed E-state index contributed by atoms with van der Waals surface area (Å²) in [7, 11) is 0. The number of halogens is 1. The maximum atomic E-state index is 11.2. The second-order valence-corrected chi connectivity index (χ2v) is 5.54. The number of nitrogens with two attached hydrogens (primary N) is 2. The van der Waals surface area contributed by atoms with Crippen LogP contribution in [0.1, 0.15) is 35.7 Å². The molecule has 0 bridgehead atoms. The van der Waals surface area contributed by atoms with Gasteiger partial charge in [-0.2, -0.15) is 0 Å². The molecule has 1 saturated heterocycles. The number of amides is 1. The average molecular weight is 298 g/mol. The zero-order valence-corrected chi connectivity index (χ0v) is 12.7. The van der Waals surface area contributed by atoms with Crippen LogP contribution in [0.3, 0.4) is 0 Å². The van der Waals surface area contributed by atoms with Gasteiger partial charge in [-0.1, -0.05) is 12.1 Å². The van der Waals surface area contributed by atoms with Crippen molar-refractivity contribution >= 4 is 18.3 Å². The third kappa shape index (κ3) is 4.47. The van der Waals surface area contributed by atoms with Crippen molar-refractivity contribution in [2.24, 2.45) is 17.4 Å². The van der Waals surface area contributed by atoms with Crippen molar-refractivity contribution in [3.63, 3.8) is 0 Å². The first-order valence-corrected chi connectivity index (χ1v) is 6.93. The molecule has 1 aromatic rings. The second-order valence-electron chi connectivity index (χ2n) is 5.54. The van der Waals surface area contributed by atoms with Gasteiger partial charge in [0.2, 0.25) is 5.91 Å². The molecule has 1 aliphatic rings. The summed E-state index contributed by atoms with van der Waals surface area (Å²) in [6.07, 6.45) is 2.32. The molecule has 1 aromatic carbocycles. The number of hydrogen-bond donors (Lipinski definition) is 2. The predicted molar refractivity (Wildman–Crippen MR) is 83.9 cm³/mol. The summed E-state index contributed by atoms with van der Waals surface area (Å²) in [4.78, 5) is 13.6. The molecule has 2 rings (SSSR count). The highest BCUT2D eigenvalue weighted by molar-refractivity contribution is 5.92. The summed E-state index contributed by atoms with van der Waals surface area (Å²) in [5.41, 5.74) is 13.0. The molecule has 0 radical (unpaired) electrons. The molecule has 112 valence electrons. The Morgan fingerprint density at radius 2 is 2.05 bits per heavy atom. The van der Waals surface area contributed by atoms with E-state index in [1.165, 1.54) is 0 Å². The van der Waals surface area contributed by atoms with Gasteiger partial charge in [-0.15, -0.1) is 12.4 Å². The number of hydrogen-bond acceptors (Lipinski definition) is 3. The van der Waals surface area contributed by atoms with Crippen LogP contribution < -0.4 is 11.5 Å². The van der Waals surface area contributed by atoms with Gasteiger partial charge in [-0.3, -0.25) is 9.69 Å². The van der Waals surface area contributed by atoms with Crippen molar-refractivity contribution in [3.8, 4) is 0 Å². The topological polar surface area (TPSA) is 72.3 Å². The van der Waals surface area contributed by atoms with Gasteiger partial charge in [-0.05, 0) is 56.5 Å². The minimum absolute atomic E-state index is 0. The maximum absolute atomic E-state index is 11.2. The minimum Gasteiger partial charge on any atom is -0.366 e. The highest BCUT2D eigenvalue weighted by Crippen LogP contribution is 2.21. The van der Waals surface area contributed by atoms with E-state index in [2.05, 4.69) is 11.8 Å². The smallest absolute Gasteiger partial charge is 0.248 e. The van der Waals surface area contributed by atoms with Crippen LogP contribution in [0.25, 0.3) is 0 Å². The van der Waals surface area contributed by atoms with Crippen molar-refractivity contribution in [2.75, 3.05) is 13.1 Å². The highest BCUT2D eigenvalue weighted by Gasteiger charge is 2.21. The fourth-order valence-corrected chi connectivity index (χ4v) is 2.72. The number of rotatable bonds is 4. The Hall–Kier alpha value is -1.10. The van der Waals surface area contributed by atoms with Crippen molar-refractivity contribution in [2.45, 2.75) is 32.4 Å². The fourth-order valence-electron chi connectivity index (χ4n) is 2.72. The summed E-state index contributed by atoms with van der Waals surface area (Å²) in [6, 6.07) is 7.88. The lowest BCUT2D eigenvalue weighted by Gasteiger charge is -2.33. The lowest BCUT2D eigenvalue weighted by Crippen LogP contribution is -2.39. The summed E-state index contributed by atoms with van der Waals surface area (Å²) in [5, 5.41) is 0. The van der Waals surface area contributed by atoms with Gasteiger partial charge >= 0.3 is 0 Å². The van der Waals surface area contributed by atoms with Gasteiger partial charge in [0.05, 0.1) is 0 Å². The van der Waals surface area contributed by atoms with Crippen LogP contribution in [0.2, 0.25) is 0 Å². The number of carbonyl (C=O) groups is 1. The van der Waals surface area contributed by atoms with Crippen molar-refractivity contribution in [1.29, 1.82) is 0 Å². The fraction of sp³-hybridized carbons (Fsp3) is 0.533. The van der Waals surface area contributed by atoms with Crippen LogP contribution in [-0.2, 0) is 6.54 Å². The molecule has 1 amide bonds. The van der Waals surface area contributed by atoms with E-state index in [-0.39, 0.29) is 18.3 Å². The largest absolute Gasteiger partial charge is 0.366 e. The lowest BCUT2D eigenvalue weighted by atomic mass is 9.91. The Bertz CT molecular complexity index is 442. The Labute approximate surface area is 126 Å². The third-order valence-electron chi connectivity index (χ3n) is 3.99. The van der Waals surface area contributed by atoms with Crippen LogP contribution in [0.5, 0.6) is 0 Å². The number of nitrogens with zero attached hydrogens (tertiary/aromatic N) is 1. The summed E-state index contributed by atoms with van der Waals surface area (Å²) in [6.45, 7) is 5.13. The monoisotopic (exact) mass is 297 g/mol. The van der Waals surface area contributed by atoms with E-state index in [0.717, 1.165) is 38.0 Å². The van der Waals surface area contributed by atoms with E-state index in [1.807, 2.05) is 18.2 Å². The predicted octanol–water partition coefficient (Wildman–Crippen LogP) is 1.77. The van der Waals surface area contributed by atoms with E-state index >= 15 is 0 Å². The molecule has 5 heteroatoms. The van der Waals surface area contributed by atoms with Crippen molar-refractivity contribution in [3.05, 3.63) is 35.4 Å². The molecule has 20 heavy (non-hydrogen) atoms. The van der Waals surface area contributed by atoms with E-state index in [1.54, 1.807) is 6.07 Å². The Morgan fingerprint density at radius 1 is 1.40 bits per heavy atom. The quantitative estimate of drug-likeness (QED) is 0.889. The Balaban J connectivity index is 0.00000200. The zero-order chi connectivity index (χ0) is 13.8. The zero-order valence-electron chi connectivity index (χ0n) is 11.9. The number of carbonyl (C=O) groups excluding carboxylic acids is 1. The molecule has 0 saturated carbocycles. The van der Waals surface area contributed by atoms with Crippen LogP contribution in [0.15, 0.2) is 24.3 Å². The number of piperidine rings is 1. The van der Waals surface area contributed by atoms with Gasteiger partial charge < -0.3 is 11.5 Å². The molecular weight excluding hydrogens is 274 g/mol. The number of likely N-dealkylation sites (tertiary alicyclic amines) is 1. The molecule has 1 unspecified atom stereocenters. The second kappa shape index (κ2) is 7.62. The van der Waals surface area contributed by atoms with Gasteiger partial charge in [0, 0.05) is 18.2 Å². The van der Waals surface area contributed by atoms with Crippen molar-refractivity contribution in [1.82, 2.24) is 4.90 Å². The van der Waals surface area contributed by atoms with Gasteiger partial charge in [0.1, 0.15) is 0 Å². The van der Waals surface area contributed by atoms with Gasteiger partial charge in [0.15, 0.2) is 0 Å². The molecular formula is C15H24ClN3O. The molecule has 0 aromatic heterocycles. The van der Waals surface area contributed by atoms with E-state index in [0.29, 0.717) is 17.5 Å². The first-order valence-electron chi connectivity index (χ1n) is 6.93. The maximum Gasteiger partial charge on any atom is 0.248 e. The minimum atomic E-state index is -0.363.